The fourth-order valence-electron chi connectivity index (χ4n) is 3.67. The Hall–Kier alpha value is -1.43. The molecule has 2 heterocycles. The minimum atomic E-state index is 0.444. The first-order chi connectivity index (χ1) is 12.9. The van der Waals surface area contributed by atoms with Crippen molar-refractivity contribution in [3.8, 4) is 0 Å². The second-order valence-corrected chi connectivity index (χ2v) is 8.84. The van der Waals surface area contributed by atoms with Crippen molar-refractivity contribution in [3.63, 3.8) is 0 Å². The molecule has 1 unspecified atom stereocenters. The van der Waals surface area contributed by atoms with Crippen LogP contribution in [-0.4, -0.2) is 67.9 Å². The fourth-order valence-corrected chi connectivity index (χ4v) is 4.99. The van der Waals surface area contributed by atoms with Crippen LogP contribution in [0, 0.1) is 0 Å². The molecule has 2 rings (SSSR count). The van der Waals surface area contributed by atoms with Crippen LogP contribution in [0.5, 0.6) is 0 Å². The molecule has 1 aromatic rings. The first-order valence-corrected chi connectivity index (χ1v) is 10.7. The van der Waals surface area contributed by atoms with Gasteiger partial charge in [-0.1, -0.05) is 32.1 Å². The summed E-state index contributed by atoms with van der Waals surface area (Å²) in [5.74, 6) is 1.12. The maximum atomic E-state index is 5.18. The van der Waals surface area contributed by atoms with Gasteiger partial charge in [-0.2, -0.15) is 0 Å². The third-order valence-corrected chi connectivity index (χ3v) is 6.30. The number of aliphatic imine (C=N–C) groups is 1. The van der Waals surface area contributed by atoms with Crippen molar-refractivity contribution < 1.29 is 0 Å². The van der Waals surface area contributed by atoms with E-state index in [0.717, 1.165) is 56.2 Å². The second kappa shape index (κ2) is 10.2. The molecular weight excluding hydrogens is 352 g/mol. The smallest absolute Gasteiger partial charge is 0.125 e. The van der Waals surface area contributed by atoms with Crippen molar-refractivity contribution in [2.45, 2.75) is 45.2 Å². The number of nitrogens with zero attached hydrogens (tertiary/aromatic N) is 4. The SMILES string of the molecule is C=CCC(CCC)N(C)/C(CN(C)C)=N\c1sc2c(c1C=C)CCN(C)C2. The summed E-state index contributed by atoms with van der Waals surface area (Å²) in [6.07, 6.45) is 8.41. The van der Waals surface area contributed by atoms with Crippen LogP contribution in [0.4, 0.5) is 5.00 Å². The first-order valence-electron chi connectivity index (χ1n) is 9.92. The molecule has 0 fully saturated rings. The van der Waals surface area contributed by atoms with Crippen molar-refractivity contribution in [2.75, 3.05) is 41.3 Å². The van der Waals surface area contributed by atoms with E-state index in [1.807, 2.05) is 23.5 Å². The van der Waals surface area contributed by atoms with E-state index in [2.05, 4.69) is 63.0 Å². The lowest BCUT2D eigenvalue weighted by Crippen LogP contribution is -2.41. The quantitative estimate of drug-likeness (QED) is 0.349. The molecule has 1 aliphatic rings. The Kier molecular flexibility index (Phi) is 8.27. The lowest BCUT2D eigenvalue weighted by atomic mass is 10.0. The topological polar surface area (TPSA) is 22.1 Å². The van der Waals surface area contributed by atoms with Crippen LogP contribution in [0.15, 0.2) is 24.2 Å². The Labute approximate surface area is 169 Å². The molecule has 0 saturated heterocycles. The molecule has 0 amide bonds. The van der Waals surface area contributed by atoms with E-state index < -0.39 is 0 Å². The predicted octanol–water partition coefficient (Wildman–Crippen LogP) is 4.65. The highest BCUT2D eigenvalue weighted by molar-refractivity contribution is 7.16. The largest absolute Gasteiger partial charge is 0.359 e. The lowest BCUT2D eigenvalue weighted by molar-refractivity contribution is 0.317. The number of fused-ring (bicyclic) bond motifs is 1. The summed E-state index contributed by atoms with van der Waals surface area (Å²) in [6, 6.07) is 0.444. The van der Waals surface area contributed by atoms with E-state index >= 15 is 0 Å². The third-order valence-electron chi connectivity index (χ3n) is 5.18. The van der Waals surface area contributed by atoms with E-state index in [-0.39, 0.29) is 0 Å². The Morgan fingerprint density at radius 2 is 2.07 bits per heavy atom. The van der Waals surface area contributed by atoms with Crippen LogP contribution < -0.4 is 0 Å². The van der Waals surface area contributed by atoms with Crippen molar-refractivity contribution in [2.24, 2.45) is 4.99 Å². The van der Waals surface area contributed by atoms with Crippen LogP contribution in [0.25, 0.3) is 6.08 Å². The van der Waals surface area contributed by atoms with Crippen LogP contribution in [-0.2, 0) is 13.0 Å². The molecule has 1 aromatic heterocycles. The highest BCUT2D eigenvalue weighted by Gasteiger charge is 2.23. The highest BCUT2D eigenvalue weighted by atomic mass is 32.1. The van der Waals surface area contributed by atoms with E-state index in [1.54, 1.807) is 0 Å². The molecule has 0 spiro atoms. The van der Waals surface area contributed by atoms with E-state index in [0.29, 0.717) is 6.04 Å². The van der Waals surface area contributed by atoms with Crippen molar-refractivity contribution in [3.05, 3.63) is 35.2 Å². The van der Waals surface area contributed by atoms with Crippen LogP contribution >= 0.6 is 11.3 Å². The van der Waals surface area contributed by atoms with Crippen LogP contribution in [0.1, 0.15) is 42.2 Å². The van der Waals surface area contributed by atoms with Gasteiger partial charge in [-0.15, -0.1) is 17.9 Å². The van der Waals surface area contributed by atoms with Crippen LogP contribution in [0.3, 0.4) is 0 Å². The molecule has 0 radical (unpaired) electrons. The fraction of sp³-hybridized carbons (Fsp3) is 0.591. The number of hydrogen-bond acceptors (Lipinski definition) is 4. The van der Waals surface area contributed by atoms with Gasteiger partial charge in [0.15, 0.2) is 0 Å². The summed E-state index contributed by atoms with van der Waals surface area (Å²) in [5.41, 5.74) is 2.69. The Bertz CT molecular complexity index is 674. The maximum absolute atomic E-state index is 5.18. The average Bonchev–Trinajstić information content (AvgIpc) is 2.96. The molecule has 5 heteroatoms. The average molecular weight is 389 g/mol. The normalized spacial score (nSPS) is 16.3. The molecule has 0 aromatic carbocycles. The highest BCUT2D eigenvalue weighted by Crippen LogP contribution is 2.39. The summed E-state index contributed by atoms with van der Waals surface area (Å²) in [7, 11) is 8.58. The van der Waals surface area contributed by atoms with Crippen molar-refractivity contribution in [1.29, 1.82) is 0 Å². The zero-order valence-corrected chi connectivity index (χ0v) is 18.6. The second-order valence-electron chi connectivity index (χ2n) is 7.76. The standard InChI is InChI=1S/C22H36N4S/c1-8-11-17(12-9-2)26(7)21(16-24(4)5)23-22-18(10-3)19-13-14-25(6)15-20(19)27-22/h8,10,17H,1,3,9,11-16H2,2,4-7H3/b23-21-. The minimum Gasteiger partial charge on any atom is -0.359 e. The number of thiophene rings is 1. The number of amidine groups is 1. The molecule has 1 aliphatic heterocycles. The van der Waals surface area contributed by atoms with Gasteiger partial charge >= 0.3 is 0 Å². The van der Waals surface area contributed by atoms with E-state index in [1.165, 1.54) is 16.0 Å². The van der Waals surface area contributed by atoms with Crippen molar-refractivity contribution in [1.82, 2.24) is 14.7 Å². The van der Waals surface area contributed by atoms with Gasteiger partial charge in [0.1, 0.15) is 10.8 Å². The molecule has 27 heavy (non-hydrogen) atoms. The molecule has 0 saturated carbocycles. The molecule has 1 atom stereocenters. The summed E-state index contributed by atoms with van der Waals surface area (Å²) < 4.78 is 0. The van der Waals surface area contributed by atoms with Gasteiger partial charge in [0.2, 0.25) is 0 Å². The molecule has 150 valence electrons. The lowest BCUT2D eigenvalue weighted by Gasteiger charge is -2.31. The van der Waals surface area contributed by atoms with Gasteiger partial charge in [-0.05, 0) is 46.0 Å². The zero-order chi connectivity index (χ0) is 20.0. The Morgan fingerprint density at radius 1 is 1.33 bits per heavy atom. The van der Waals surface area contributed by atoms with Gasteiger partial charge in [0.05, 0.1) is 6.54 Å². The van der Waals surface area contributed by atoms with E-state index in [4.69, 9.17) is 4.99 Å². The third kappa shape index (κ3) is 5.53. The van der Waals surface area contributed by atoms with Gasteiger partial charge in [-0.25, -0.2) is 4.99 Å². The molecule has 0 aliphatic carbocycles. The predicted molar refractivity (Wildman–Crippen MR) is 121 cm³/mol. The summed E-state index contributed by atoms with van der Waals surface area (Å²) in [5, 5.41) is 1.11. The van der Waals surface area contributed by atoms with Crippen LogP contribution in [0.2, 0.25) is 0 Å². The molecule has 0 bridgehead atoms. The maximum Gasteiger partial charge on any atom is 0.125 e. The van der Waals surface area contributed by atoms with Gasteiger partial charge < -0.3 is 14.7 Å². The van der Waals surface area contributed by atoms with Gasteiger partial charge in [-0.3, -0.25) is 0 Å². The Morgan fingerprint density at radius 3 is 2.67 bits per heavy atom. The van der Waals surface area contributed by atoms with Gasteiger partial charge in [0, 0.05) is 36.6 Å². The molecule has 4 nitrogen and oxygen atoms in total. The Balaban J connectivity index is 2.42. The minimum absolute atomic E-state index is 0.444. The van der Waals surface area contributed by atoms with Gasteiger partial charge in [0.25, 0.3) is 0 Å². The molecule has 0 N–H and O–H groups in total. The summed E-state index contributed by atoms with van der Waals surface area (Å²) in [6.45, 7) is 13.2. The number of hydrogen-bond donors (Lipinski definition) is 0. The number of likely N-dealkylation sites (N-methyl/N-ethyl adjacent to an activating group) is 3. The summed E-state index contributed by atoms with van der Waals surface area (Å²) >= 11 is 1.84. The monoisotopic (exact) mass is 388 g/mol. The number of rotatable bonds is 9. The summed E-state index contributed by atoms with van der Waals surface area (Å²) in [4.78, 5) is 13.6. The zero-order valence-electron chi connectivity index (χ0n) is 17.8. The van der Waals surface area contributed by atoms with E-state index in [9.17, 15) is 0 Å². The first kappa shape index (κ1) is 21.9. The van der Waals surface area contributed by atoms with Crippen molar-refractivity contribution >= 4 is 28.2 Å². The molecular formula is C22H36N4S.